The van der Waals surface area contributed by atoms with Gasteiger partial charge in [0, 0.05) is 13.6 Å². The molecule has 3 aromatic heterocycles. The summed E-state index contributed by atoms with van der Waals surface area (Å²) in [5, 5.41) is 1.09. The van der Waals surface area contributed by atoms with Crippen molar-refractivity contribution < 1.29 is 4.74 Å². The van der Waals surface area contributed by atoms with Crippen LogP contribution in [0.2, 0.25) is 5.15 Å². The number of rotatable bonds is 2. The number of ether oxygens (including phenoxy) is 1. The quantitative estimate of drug-likeness (QED) is 0.298. The van der Waals surface area contributed by atoms with E-state index in [0.717, 1.165) is 38.2 Å². The van der Waals surface area contributed by atoms with Crippen LogP contribution < -0.4 is 15.2 Å². The fraction of sp³-hybridized carbons (Fsp3) is 0.250. The summed E-state index contributed by atoms with van der Waals surface area (Å²) in [7, 11) is 1.79. The highest BCUT2D eigenvalue weighted by Crippen LogP contribution is 2.33. The van der Waals surface area contributed by atoms with Gasteiger partial charge in [-0.2, -0.15) is 4.98 Å². The van der Waals surface area contributed by atoms with Crippen LogP contribution in [-0.2, 0) is 13.6 Å². The summed E-state index contributed by atoms with van der Waals surface area (Å²) >= 11 is 8.19. The number of imidazole rings is 1. The van der Waals surface area contributed by atoms with E-state index in [-0.39, 0.29) is 5.56 Å². The summed E-state index contributed by atoms with van der Waals surface area (Å²) in [5.41, 5.74) is 4.66. The third kappa shape index (κ3) is 2.96. The smallest absolute Gasteiger partial charge is 0.261 e. The first-order valence-corrected chi connectivity index (χ1v) is 10.6. The molecule has 0 aliphatic carbocycles. The number of halogens is 2. The molecule has 0 atom stereocenters. The van der Waals surface area contributed by atoms with Crippen molar-refractivity contribution in [3.63, 3.8) is 0 Å². The number of hydrogen-bond donors (Lipinski definition) is 0. The van der Waals surface area contributed by atoms with E-state index in [1.165, 1.54) is 0 Å². The van der Waals surface area contributed by atoms with Crippen LogP contribution in [0.15, 0.2) is 35.4 Å². The zero-order valence-electron chi connectivity index (χ0n) is 15.8. The number of aryl methyl sites for hydroxylation is 2. The molecule has 0 unspecified atom stereocenters. The first kappa shape index (κ1) is 18.7. The normalized spacial score (nSPS) is 13.7. The molecule has 9 heteroatoms. The Morgan fingerprint density at radius 1 is 1.31 bits per heavy atom. The number of aromatic nitrogens is 4. The van der Waals surface area contributed by atoms with Crippen molar-refractivity contribution in [1.82, 2.24) is 18.9 Å². The lowest BCUT2D eigenvalue weighted by Gasteiger charge is -2.31. The van der Waals surface area contributed by atoms with Crippen LogP contribution in [0.4, 0.5) is 5.69 Å². The monoisotopic (exact) mass is 521 g/mol. The molecule has 4 aromatic rings. The summed E-state index contributed by atoms with van der Waals surface area (Å²) in [4.78, 5) is 24.0. The zero-order chi connectivity index (χ0) is 20.3. The molecule has 0 saturated carbocycles. The van der Waals surface area contributed by atoms with E-state index in [1.54, 1.807) is 24.0 Å². The molecule has 0 saturated heterocycles. The third-order valence-corrected chi connectivity index (χ3v) is 6.21. The van der Waals surface area contributed by atoms with E-state index in [1.807, 2.05) is 23.5 Å². The van der Waals surface area contributed by atoms with Crippen LogP contribution in [0.5, 0.6) is 5.88 Å². The van der Waals surface area contributed by atoms with Crippen molar-refractivity contribution in [3.05, 3.63) is 60.9 Å². The Labute approximate surface area is 185 Å². The Hall–Kier alpha value is -2.33. The first-order valence-electron chi connectivity index (χ1n) is 9.13. The van der Waals surface area contributed by atoms with Crippen molar-refractivity contribution in [1.29, 1.82) is 0 Å². The van der Waals surface area contributed by atoms with E-state index in [2.05, 4.69) is 43.5 Å². The van der Waals surface area contributed by atoms with Gasteiger partial charge in [0.2, 0.25) is 5.88 Å². The van der Waals surface area contributed by atoms with E-state index >= 15 is 0 Å². The molecule has 1 aromatic carbocycles. The van der Waals surface area contributed by atoms with Gasteiger partial charge in [0.15, 0.2) is 5.65 Å². The highest BCUT2D eigenvalue weighted by atomic mass is 127. The number of anilines is 1. The average molecular weight is 522 g/mol. The van der Waals surface area contributed by atoms with E-state index < -0.39 is 0 Å². The highest BCUT2D eigenvalue weighted by Gasteiger charge is 2.22. The molecule has 5 rings (SSSR count). The minimum atomic E-state index is -0.0216. The molecule has 0 amide bonds. The van der Waals surface area contributed by atoms with Gasteiger partial charge in [-0.25, -0.2) is 4.98 Å². The van der Waals surface area contributed by atoms with Crippen LogP contribution in [0, 0.1) is 10.6 Å². The van der Waals surface area contributed by atoms with E-state index in [4.69, 9.17) is 16.3 Å². The van der Waals surface area contributed by atoms with Gasteiger partial charge in [-0.1, -0.05) is 17.7 Å². The summed E-state index contributed by atoms with van der Waals surface area (Å²) in [6, 6.07) is 7.77. The minimum Gasteiger partial charge on any atom is -0.474 e. The van der Waals surface area contributed by atoms with Crippen LogP contribution in [0.25, 0.3) is 16.6 Å². The van der Waals surface area contributed by atoms with Crippen molar-refractivity contribution in [2.45, 2.75) is 13.5 Å². The second-order valence-corrected chi connectivity index (χ2v) is 8.55. The molecule has 1 aliphatic heterocycles. The van der Waals surface area contributed by atoms with Gasteiger partial charge in [0.1, 0.15) is 27.5 Å². The lowest BCUT2D eigenvalue weighted by molar-refractivity contribution is 0.295. The summed E-state index contributed by atoms with van der Waals surface area (Å²) in [6.45, 7) is 3.89. The maximum atomic E-state index is 13.1. The summed E-state index contributed by atoms with van der Waals surface area (Å²) in [6.07, 6.45) is 1.78. The number of nitrogens with zero attached hydrogens (tertiary/aromatic N) is 5. The fourth-order valence-corrected chi connectivity index (χ4v) is 4.87. The van der Waals surface area contributed by atoms with Crippen LogP contribution in [-0.4, -0.2) is 32.1 Å². The second kappa shape index (κ2) is 6.88. The zero-order valence-corrected chi connectivity index (χ0v) is 18.7. The molecule has 1 aliphatic rings. The van der Waals surface area contributed by atoms with Crippen LogP contribution in [0.1, 0.15) is 11.1 Å². The lowest BCUT2D eigenvalue weighted by atomic mass is 10.1. The van der Waals surface area contributed by atoms with E-state index in [0.29, 0.717) is 29.6 Å². The van der Waals surface area contributed by atoms with E-state index in [9.17, 15) is 4.79 Å². The van der Waals surface area contributed by atoms with Gasteiger partial charge >= 0.3 is 0 Å². The Balaban J connectivity index is 1.74. The Kier molecular flexibility index (Phi) is 4.43. The van der Waals surface area contributed by atoms with Crippen molar-refractivity contribution >= 4 is 56.4 Å². The van der Waals surface area contributed by atoms with Crippen molar-refractivity contribution in [3.8, 4) is 5.88 Å². The average Bonchev–Trinajstić information content (AvgIpc) is 3.07. The van der Waals surface area contributed by atoms with Crippen LogP contribution >= 0.6 is 34.2 Å². The Morgan fingerprint density at radius 2 is 2.14 bits per heavy atom. The second-order valence-electron chi connectivity index (χ2n) is 7.14. The molecular weight excluding hydrogens is 505 g/mol. The molecule has 0 fully saturated rings. The van der Waals surface area contributed by atoms with Gasteiger partial charge in [-0.05, 0) is 58.8 Å². The van der Waals surface area contributed by atoms with Crippen molar-refractivity contribution in [2.24, 2.45) is 7.05 Å². The third-order valence-electron chi connectivity index (χ3n) is 5.23. The first-order chi connectivity index (χ1) is 13.9. The molecule has 0 bridgehead atoms. The van der Waals surface area contributed by atoms with Gasteiger partial charge in [-0.3, -0.25) is 13.8 Å². The highest BCUT2D eigenvalue weighted by molar-refractivity contribution is 14.1. The number of pyridine rings is 1. The molecule has 4 heterocycles. The predicted molar refractivity (Wildman–Crippen MR) is 121 cm³/mol. The fourth-order valence-electron chi connectivity index (χ4n) is 3.98. The molecule has 7 nitrogen and oxygen atoms in total. The largest absolute Gasteiger partial charge is 0.474 e. The topological polar surface area (TPSA) is 64.7 Å². The minimum absolute atomic E-state index is 0.0216. The number of benzene rings is 1. The molecule has 0 N–H and O–H groups in total. The van der Waals surface area contributed by atoms with Crippen molar-refractivity contribution in [2.75, 3.05) is 18.1 Å². The van der Waals surface area contributed by atoms with Crippen LogP contribution in [0.3, 0.4) is 0 Å². The maximum Gasteiger partial charge on any atom is 0.261 e. The summed E-state index contributed by atoms with van der Waals surface area (Å²) in [5.74, 6) is 0.541. The molecular formula is C20H17ClIN5O2. The Morgan fingerprint density at radius 3 is 2.97 bits per heavy atom. The molecule has 0 radical (unpaired) electrons. The standard InChI is InChI=1S/C20H17ClIN5O2/c1-11-7-12(9-26-5-6-29-18-14(26)3-4-15(21)24-18)16-13(8-11)20(28)25(2)19-17(22)23-10-27(16)19/h3-4,7-8,10H,5-6,9H2,1-2H3. The maximum absolute atomic E-state index is 13.1. The van der Waals surface area contributed by atoms with Gasteiger partial charge < -0.3 is 9.64 Å². The lowest BCUT2D eigenvalue weighted by Crippen LogP contribution is -2.33. The molecule has 29 heavy (non-hydrogen) atoms. The molecule has 0 spiro atoms. The van der Waals surface area contributed by atoms with Gasteiger partial charge in [0.05, 0.1) is 17.4 Å². The van der Waals surface area contributed by atoms with Gasteiger partial charge in [0.25, 0.3) is 5.56 Å². The number of hydrogen-bond acceptors (Lipinski definition) is 5. The summed E-state index contributed by atoms with van der Waals surface area (Å²) < 4.78 is 10.2. The Bertz CT molecular complexity index is 1350. The number of fused-ring (bicyclic) bond motifs is 4. The predicted octanol–water partition coefficient (Wildman–Crippen LogP) is 3.55. The molecule has 148 valence electrons. The SMILES string of the molecule is Cc1cc(CN2CCOc3nc(Cl)ccc32)c2c(c1)c(=O)n(C)c1c(I)ncn21. The van der Waals surface area contributed by atoms with Gasteiger partial charge in [-0.15, -0.1) is 0 Å².